The van der Waals surface area contributed by atoms with Crippen LogP contribution in [0.25, 0.3) is 0 Å². The molecule has 0 radical (unpaired) electrons. The number of para-hydroxylation sites is 1. The highest BCUT2D eigenvalue weighted by Crippen LogP contribution is 2.26. The summed E-state index contributed by atoms with van der Waals surface area (Å²) in [6.07, 6.45) is -1.94. The van der Waals surface area contributed by atoms with Gasteiger partial charge in [0.15, 0.2) is 0 Å². The fourth-order valence-corrected chi connectivity index (χ4v) is 2.89. The van der Waals surface area contributed by atoms with Crippen molar-refractivity contribution in [3.05, 3.63) is 59.7 Å². The molecule has 1 fully saturated rings. The van der Waals surface area contributed by atoms with Crippen LogP contribution >= 0.6 is 0 Å². The highest BCUT2D eigenvalue weighted by Gasteiger charge is 2.30. The van der Waals surface area contributed by atoms with Gasteiger partial charge < -0.3 is 14.8 Å². The third-order valence-corrected chi connectivity index (χ3v) is 4.10. The summed E-state index contributed by atoms with van der Waals surface area (Å²) in [6.45, 7) is 1.90. The maximum Gasteiger partial charge on any atom is 0.573 e. The first-order chi connectivity index (χ1) is 12.0. The number of benzene rings is 2. The molecule has 1 saturated heterocycles. The van der Waals surface area contributed by atoms with Crippen LogP contribution in [0, 0.1) is 0 Å². The van der Waals surface area contributed by atoms with Gasteiger partial charge in [-0.3, -0.25) is 0 Å². The molecule has 0 spiro atoms. The maximum atomic E-state index is 12.2. The Kier molecular flexibility index (Phi) is 5.48. The number of ether oxygens (including phenoxy) is 2. The summed E-state index contributed by atoms with van der Waals surface area (Å²) >= 11 is 0. The van der Waals surface area contributed by atoms with Crippen molar-refractivity contribution in [1.82, 2.24) is 5.32 Å². The Hall–Kier alpha value is -2.21. The number of hydrogen-bond donors (Lipinski definition) is 1. The van der Waals surface area contributed by atoms with E-state index in [1.807, 2.05) is 24.3 Å². The molecule has 0 saturated carbocycles. The molecule has 1 aliphatic rings. The fourth-order valence-electron chi connectivity index (χ4n) is 2.89. The van der Waals surface area contributed by atoms with Gasteiger partial charge >= 0.3 is 6.36 Å². The van der Waals surface area contributed by atoms with E-state index in [1.54, 1.807) is 12.1 Å². The molecule has 0 unspecified atom stereocenters. The number of piperidine rings is 1. The van der Waals surface area contributed by atoms with Crippen molar-refractivity contribution in [1.29, 1.82) is 0 Å². The third kappa shape index (κ3) is 5.39. The highest BCUT2D eigenvalue weighted by atomic mass is 19.4. The standard InChI is InChI=1S/C19H20F3NO2/c20-19(21,22)25-17-7-5-14(6-8-17)13-15-3-1-2-4-18(15)24-16-9-11-23-12-10-16/h1-8,16,23H,9-13H2. The second-order valence-electron chi connectivity index (χ2n) is 6.04. The average Bonchev–Trinajstić information content (AvgIpc) is 2.58. The second-order valence-corrected chi connectivity index (χ2v) is 6.04. The van der Waals surface area contributed by atoms with Crippen molar-refractivity contribution in [2.45, 2.75) is 31.7 Å². The van der Waals surface area contributed by atoms with Gasteiger partial charge in [0.2, 0.25) is 0 Å². The number of hydrogen-bond acceptors (Lipinski definition) is 3. The molecule has 0 amide bonds. The Morgan fingerprint density at radius 3 is 2.32 bits per heavy atom. The lowest BCUT2D eigenvalue weighted by Gasteiger charge is -2.25. The summed E-state index contributed by atoms with van der Waals surface area (Å²) in [5.74, 6) is 0.625. The summed E-state index contributed by atoms with van der Waals surface area (Å²) in [5, 5.41) is 3.30. The van der Waals surface area contributed by atoms with E-state index >= 15 is 0 Å². The van der Waals surface area contributed by atoms with E-state index < -0.39 is 6.36 Å². The van der Waals surface area contributed by atoms with Gasteiger partial charge in [0, 0.05) is 6.42 Å². The lowest BCUT2D eigenvalue weighted by atomic mass is 10.0. The number of rotatable bonds is 5. The number of alkyl halides is 3. The van der Waals surface area contributed by atoms with Crippen LogP contribution < -0.4 is 14.8 Å². The van der Waals surface area contributed by atoms with Crippen LogP contribution in [0.1, 0.15) is 24.0 Å². The van der Waals surface area contributed by atoms with Crippen molar-refractivity contribution < 1.29 is 22.6 Å². The molecule has 0 bridgehead atoms. The summed E-state index contributed by atoms with van der Waals surface area (Å²) < 4.78 is 46.7. The molecule has 6 heteroatoms. The quantitative estimate of drug-likeness (QED) is 0.871. The van der Waals surface area contributed by atoms with Gasteiger partial charge in [-0.25, -0.2) is 0 Å². The largest absolute Gasteiger partial charge is 0.573 e. The van der Waals surface area contributed by atoms with Crippen LogP contribution in [0.2, 0.25) is 0 Å². The second kappa shape index (κ2) is 7.78. The molecule has 0 aliphatic carbocycles. The molecule has 1 heterocycles. The van der Waals surface area contributed by atoms with Crippen LogP contribution in [0.15, 0.2) is 48.5 Å². The predicted octanol–water partition coefficient (Wildman–Crippen LogP) is 4.31. The first-order valence-corrected chi connectivity index (χ1v) is 8.29. The number of halogens is 3. The Balaban J connectivity index is 1.68. The lowest BCUT2D eigenvalue weighted by Crippen LogP contribution is -2.34. The number of nitrogens with one attached hydrogen (secondary N) is 1. The van der Waals surface area contributed by atoms with Gasteiger partial charge in [0.05, 0.1) is 0 Å². The van der Waals surface area contributed by atoms with E-state index in [2.05, 4.69) is 10.1 Å². The molecule has 3 rings (SSSR count). The Morgan fingerprint density at radius 2 is 1.64 bits per heavy atom. The molecule has 3 nitrogen and oxygen atoms in total. The molecular formula is C19H20F3NO2. The van der Waals surface area contributed by atoms with E-state index in [1.165, 1.54) is 12.1 Å². The lowest BCUT2D eigenvalue weighted by molar-refractivity contribution is -0.274. The predicted molar refractivity (Wildman–Crippen MR) is 88.9 cm³/mol. The van der Waals surface area contributed by atoms with Gasteiger partial charge in [-0.1, -0.05) is 30.3 Å². The van der Waals surface area contributed by atoms with Crippen molar-refractivity contribution >= 4 is 0 Å². The van der Waals surface area contributed by atoms with Crippen molar-refractivity contribution in [2.75, 3.05) is 13.1 Å². The van der Waals surface area contributed by atoms with Gasteiger partial charge in [-0.2, -0.15) is 0 Å². The Morgan fingerprint density at radius 1 is 0.960 bits per heavy atom. The van der Waals surface area contributed by atoms with Gasteiger partial charge in [-0.15, -0.1) is 13.2 Å². The van der Waals surface area contributed by atoms with E-state index in [9.17, 15) is 13.2 Å². The SMILES string of the molecule is FC(F)(F)Oc1ccc(Cc2ccccc2OC2CCNCC2)cc1. The zero-order valence-electron chi connectivity index (χ0n) is 13.7. The van der Waals surface area contributed by atoms with Crippen LogP contribution in [0.4, 0.5) is 13.2 Å². The summed E-state index contributed by atoms with van der Waals surface area (Å²) in [7, 11) is 0. The Bertz CT molecular complexity index is 680. The molecule has 0 atom stereocenters. The van der Waals surface area contributed by atoms with Crippen LogP contribution in [0.3, 0.4) is 0 Å². The maximum absolute atomic E-state index is 12.2. The van der Waals surface area contributed by atoms with Crippen LogP contribution in [-0.4, -0.2) is 25.6 Å². The molecular weight excluding hydrogens is 331 g/mol. The minimum absolute atomic E-state index is 0.199. The van der Waals surface area contributed by atoms with Gasteiger partial charge in [0.1, 0.15) is 17.6 Å². The van der Waals surface area contributed by atoms with Gasteiger partial charge in [-0.05, 0) is 55.3 Å². The summed E-state index contributed by atoms with van der Waals surface area (Å²) in [6, 6.07) is 13.7. The minimum atomic E-state index is -4.67. The zero-order chi connectivity index (χ0) is 17.7. The van der Waals surface area contributed by atoms with E-state index in [0.29, 0.717) is 6.42 Å². The Labute approximate surface area is 144 Å². The van der Waals surface area contributed by atoms with Gasteiger partial charge in [0.25, 0.3) is 0 Å². The molecule has 0 aromatic heterocycles. The van der Waals surface area contributed by atoms with Crippen LogP contribution in [0.5, 0.6) is 11.5 Å². The third-order valence-electron chi connectivity index (χ3n) is 4.10. The first-order valence-electron chi connectivity index (χ1n) is 8.29. The van der Waals surface area contributed by atoms with E-state index in [-0.39, 0.29) is 11.9 Å². The molecule has 2 aromatic rings. The molecule has 134 valence electrons. The monoisotopic (exact) mass is 351 g/mol. The summed E-state index contributed by atoms with van der Waals surface area (Å²) in [5.41, 5.74) is 1.92. The van der Waals surface area contributed by atoms with E-state index in [4.69, 9.17) is 4.74 Å². The van der Waals surface area contributed by atoms with Crippen molar-refractivity contribution in [3.8, 4) is 11.5 Å². The molecule has 1 aliphatic heterocycles. The zero-order valence-corrected chi connectivity index (χ0v) is 13.7. The molecule has 1 N–H and O–H groups in total. The van der Waals surface area contributed by atoms with E-state index in [0.717, 1.165) is 42.8 Å². The topological polar surface area (TPSA) is 30.5 Å². The smallest absolute Gasteiger partial charge is 0.490 e. The first kappa shape index (κ1) is 17.6. The van der Waals surface area contributed by atoms with Crippen molar-refractivity contribution in [2.24, 2.45) is 0 Å². The van der Waals surface area contributed by atoms with Crippen LogP contribution in [-0.2, 0) is 6.42 Å². The molecule has 2 aromatic carbocycles. The summed E-state index contributed by atoms with van der Waals surface area (Å²) in [4.78, 5) is 0. The van der Waals surface area contributed by atoms with Crippen molar-refractivity contribution in [3.63, 3.8) is 0 Å². The molecule has 25 heavy (non-hydrogen) atoms. The normalized spacial score (nSPS) is 15.8. The minimum Gasteiger partial charge on any atom is -0.490 e. The highest BCUT2D eigenvalue weighted by molar-refractivity contribution is 5.39. The fraction of sp³-hybridized carbons (Fsp3) is 0.368. The average molecular weight is 351 g/mol.